The zero-order valence-corrected chi connectivity index (χ0v) is 6.80. The normalized spacial score (nSPS) is 10.7. The van der Waals surface area contributed by atoms with E-state index in [1.807, 2.05) is 0 Å². The van der Waals surface area contributed by atoms with Crippen molar-refractivity contribution in [2.24, 2.45) is 0 Å². The smallest absolute Gasteiger partial charge is 0.406 e. The average molecular weight is 202 g/mol. The van der Waals surface area contributed by atoms with E-state index in [2.05, 4.69) is 4.74 Å². The van der Waals surface area contributed by atoms with Crippen LogP contribution in [-0.2, 0) is 0 Å². The summed E-state index contributed by atoms with van der Waals surface area (Å²) in [6.45, 7) is 0. The Labute approximate surface area is 77.5 Å². The second-order valence-corrected chi connectivity index (χ2v) is 2.45. The molecular weight excluding hydrogens is 197 g/mol. The van der Waals surface area contributed by atoms with Crippen LogP contribution in [0, 0.1) is 11.3 Å². The Kier molecular flexibility index (Phi) is 2.51. The van der Waals surface area contributed by atoms with Crippen molar-refractivity contribution in [3.05, 3.63) is 23.8 Å². The van der Waals surface area contributed by atoms with Gasteiger partial charge in [-0.2, -0.15) is 5.26 Å². The first-order valence-corrected chi connectivity index (χ1v) is 3.47. The van der Waals surface area contributed by atoms with Gasteiger partial charge in [-0.15, -0.1) is 13.2 Å². The van der Waals surface area contributed by atoms with Crippen LogP contribution in [0.15, 0.2) is 18.2 Å². The van der Waals surface area contributed by atoms with Gasteiger partial charge in [-0.25, -0.2) is 0 Å². The van der Waals surface area contributed by atoms with Gasteiger partial charge < -0.3 is 10.5 Å². The molecule has 0 bridgehead atoms. The molecule has 3 nitrogen and oxygen atoms in total. The summed E-state index contributed by atoms with van der Waals surface area (Å²) in [6.07, 6.45) is -4.78. The van der Waals surface area contributed by atoms with E-state index < -0.39 is 12.1 Å². The number of halogens is 3. The molecule has 0 aromatic heterocycles. The van der Waals surface area contributed by atoms with Crippen molar-refractivity contribution in [1.29, 1.82) is 5.26 Å². The van der Waals surface area contributed by atoms with Crippen LogP contribution in [0.4, 0.5) is 18.9 Å². The van der Waals surface area contributed by atoms with Crippen LogP contribution >= 0.6 is 0 Å². The van der Waals surface area contributed by atoms with Gasteiger partial charge in [-0.05, 0) is 12.1 Å². The molecule has 0 saturated carbocycles. The predicted molar refractivity (Wildman–Crippen MR) is 42.3 cm³/mol. The van der Waals surface area contributed by atoms with E-state index in [0.717, 1.165) is 12.1 Å². The number of nitriles is 1. The van der Waals surface area contributed by atoms with Crippen molar-refractivity contribution in [3.8, 4) is 11.8 Å². The molecule has 0 atom stereocenters. The SMILES string of the molecule is N#Cc1cc(N)cc(OC(F)(F)F)c1. The van der Waals surface area contributed by atoms with Crippen LogP contribution in [0.1, 0.15) is 5.56 Å². The molecule has 0 radical (unpaired) electrons. The van der Waals surface area contributed by atoms with E-state index in [9.17, 15) is 13.2 Å². The molecule has 2 N–H and O–H groups in total. The van der Waals surface area contributed by atoms with E-state index in [0.29, 0.717) is 0 Å². The summed E-state index contributed by atoms with van der Waals surface area (Å²) in [7, 11) is 0. The highest BCUT2D eigenvalue weighted by atomic mass is 19.4. The lowest BCUT2D eigenvalue weighted by Gasteiger charge is -2.09. The molecule has 0 fully saturated rings. The number of benzene rings is 1. The lowest BCUT2D eigenvalue weighted by molar-refractivity contribution is -0.274. The number of nitrogens with two attached hydrogens (primary N) is 1. The molecule has 1 aromatic rings. The number of hydrogen-bond donors (Lipinski definition) is 1. The number of alkyl halides is 3. The molecule has 14 heavy (non-hydrogen) atoms. The molecule has 6 heteroatoms. The molecule has 0 heterocycles. The number of anilines is 1. The number of nitrogen functional groups attached to an aromatic ring is 1. The van der Waals surface area contributed by atoms with Crippen molar-refractivity contribution in [3.63, 3.8) is 0 Å². The van der Waals surface area contributed by atoms with E-state index in [1.165, 1.54) is 6.07 Å². The maximum atomic E-state index is 11.8. The van der Waals surface area contributed by atoms with Gasteiger partial charge in [0.15, 0.2) is 0 Å². The van der Waals surface area contributed by atoms with Crippen LogP contribution in [0.2, 0.25) is 0 Å². The summed E-state index contributed by atoms with van der Waals surface area (Å²) >= 11 is 0. The summed E-state index contributed by atoms with van der Waals surface area (Å²) in [5.74, 6) is -0.492. The van der Waals surface area contributed by atoms with Gasteiger partial charge in [0.2, 0.25) is 0 Å². The minimum Gasteiger partial charge on any atom is -0.406 e. The van der Waals surface area contributed by atoms with Crippen LogP contribution in [0.25, 0.3) is 0 Å². The van der Waals surface area contributed by atoms with Gasteiger partial charge >= 0.3 is 6.36 Å². The Morgan fingerprint density at radius 3 is 2.43 bits per heavy atom. The van der Waals surface area contributed by atoms with Crippen LogP contribution in [-0.4, -0.2) is 6.36 Å². The number of ether oxygens (including phenoxy) is 1. The fraction of sp³-hybridized carbons (Fsp3) is 0.125. The zero-order chi connectivity index (χ0) is 10.8. The quantitative estimate of drug-likeness (QED) is 0.709. The second kappa shape index (κ2) is 3.46. The van der Waals surface area contributed by atoms with Crippen LogP contribution in [0.3, 0.4) is 0 Å². The van der Waals surface area contributed by atoms with Gasteiger partial charge in [-0.1, -0.05) is 0 Å². The standard InChI is InChI=1S/C8H5F3N2O/c9-8(10,11)14-7-2-5(4-12)1-6(13)3-7/h1-3H,13H2. The van der Waals surface area contributed by atoms with Crippen molar-refractivity contribution in [2.45, 2.75) is 6.36 Å². The molecular formula is C8H5F3N2O. The molecule has 0 amide bonds. The Bertz CT molecular complexity index is 381. The van der Waals surface area contributed by atoms with Gasteiger partial charge in [0.1, 0.15) is 5.75 Å². The second-order valence-electron chi connectivity index (χ2n) is 2.45. The highest BCUT2D eigenvalue weighted by molar-refractivity contribution is 5.51. The van der Waals surface area contributed by atoms with Crippen molar-refractivity contribution in [2.75, 3.05) is 5.73 Å². The van der Waals surface area contributed by atoms with E-state index in [-0.39, 0.29) is 11.3 Å². The predicted octanol–water partition coefficient (Wildman–Crippen LogP) is 2.04. The maximum absolute atomic E-state index is 11.8. The van der Waals surface area contributed by atoms with Crippen LogP contribution < -0.4 is 10.5 Å². The zero-order valence-electron chi connectivity index (χ0n) is 6.80. The molecule has 0 aliphatic heterocycles. The molecule has 0 unspecified atom stereocenters. The highest BCUT2D eigenvalue weighted by Crippen LogP contribution is 2.25. The topological polar surface area (TPSA) is 59.0 Å². The minimum atomic E-state index is -4.78. The third-order valence-electron chi connectivity index (χ3n) is 1.29. The molecule has 1 aromatic carbocycles. The third-order valence-corrected chi connectivity index (χ3v) is 1.29. The fourth-order valence-electron chi connectivity index (χ4n) is 0.879. The van der Waals surface area contributed by atoms with Crippen molar-refractivity contribution < 1.29 is 17.9 Å². The third kappa shape index (κ3) is 2.86. The lowest BCUT2D eigenvalue weighted by atomic mass is 10.2. The molecule has 0 aliphatic rings. The number of nitrogens with zero attached hydrogens (tertiary/aromatic N) is 1. The van der Waals surface area contributed by atoms with E-state index in [4.69, 9.17) is 11.0 Å². The minimum absolute atomic E-state index is 0.0178. The number of rotatable bonds is 1. The summed E-state index contributed by atoms with van der Waals surface area (Å²) < 4.78 is 38.9. The molecule has 0 saturated heterocycles. The molecule has 0 spiro atoms. The Balaban J connectivity index is 3.00. The highest BCUT2D eigenvalue weighted by Gasteiger charge is 2.31. The maximum Gasteiger partial charge on any atom is 0.573 e. The summed E-state index contributed by atoms with van der Waals surface area (Å²) in [5, 5.41) is 8.44. The van der Waals surface area contributed by atoms with Gasteiger partial charge in [0, 0.05) is 11.8 Å². The first-order valence-electron chi connectivity index (χ1n) is 3.47. The van der Waals surface area contributed by atoms with Gasteiger partial charge in [-0.3, -0.25) is 0 Å². The summed E-state index contributed by atoms with van der Waals surface area (Å²) in [5.41, 5.74) is 5.32. The fourth-order valence-corrected chi connectivity index (χ4v) is 0.879. The lowest BCUT2D eigenvalue weighted by Crippen LogP contribution is -2.17. The number of hydrogen-bond acceptors (Lipinski definition) is 3. The summed E-state index contributed by atoms with van der Waals surface area (Å²) in [4.78, 5) is 0. The van der Waals surface area contributed by atoms with Gasteiger partial charge in [0.25, 0.3) is 0 Å². The van der Waals surface area contributed by atoms with E-state index in [1.54, 1.807) is 6.07 Å². The van der Waals surface area contributed by atoms with Crippen molar-refractivity contribution in [1.82, 2.24) is 0 Å². The average Bonchev–Trinajstić information content (AvgIpc) is 1.99. The van der Waals surface area contributed by atoms with Crippen LogP contribution in [0.5, 0.6) is 5.75 Å². The largest absolute Gasteiger partial charge is 0.573 e. The Morgan fingerprint density at radius 2 is 1.93 bits per heavy atom. The Hall–Kier alpha value is -1.90. The summed E-state index contributed by atoms with van der Waals surface area (Å²) in [6, 6.07) is 4.88. The van der Waals surface area contributed by atoms with Crippen molar-refractivity contribution >= 4 is 5.69 Å². The van der Waals surface area contributed by atoms with Gasteiger partial charge in [0.05, 0.1) is 11.6 Å². The monoisotopic (exact) mass is 202 g/mol. The molecule has 0 aliphatic carbocycles. The Morgan fingerprint density at radius 1 is 1.29 bits per heavy atom. The molecule has 1 rings (SSSR count). The molecule has 74 valence electrons. The first kappa shape index (κ1) is 10.2. The van der Waals surface area contributed by atoms with E-state index >= 15 is 0 Å². The first-order chi connectivity index (χ1) is 6.40.